The standard InChI is InChI=1S/C10H19NO2/c1-3-9-6-5-7-11(8-9)10(12)13-4-2/h9H,3-8H2,1-2H3/t9-/m1/s1. The van der Waals surface area contributed by atoms with Crippen LogP contribution in [0.2, 0.25) is 0 Å². The summed E-state index contributed by atoms with van der Waals surface area (Å²) in [4.78, 5) is 13.2. The van der Waals surface area contributed by atoms with Crippen molar-refractivity contribution >= 4 is 6.09 Å². The van der Waals surface area contributed by atoms with E-state index in [1.54, 1.807) is 0 Å². The van der Waals surface area contributed by atoms with Crippen LogP contribution in [-0.4, -0.2) is 30.7 Å². The molecule has 13 heavy (non-hydrogen) atoms. The number of piperidine rings is 1. The number of rotatable bonds is 2. The monoisotopic (exact) mass is 185 g/mol. The first-order chi connectivity index (χ1) is 6.27. The lowest BCUT2D eigenvalue weighted by atomic mass is 9.96. The second-order valence-electron chi connectivity index (χ2n) is 3.56. The van der Waals surface area contributed by atoms with Crippen LogP contribution >= 0.6 is 0 Å². The van der Waals surface area contributed by atoms with Gasteiger partial charge in [0.1, 0.15) is 0 Å². The summed E-state index contributed by atoms with van der Waals surface area (Å²) in [5.74, 6) is 0.679. The lowest BCUT2D eigenvalue weighted by molar-refractivity contribution is 0.0878. The predicted molar refractivity (Wildman–Crippen MR) is 51.6 cm³/mol. The average Bonchev–Trinajstić information content (AvgIpc) is 2.18. The average molecular weight is 185 g/mol. The maximum absolute atomic E-state index is 11.4. The summed E-state index contributed by atoms with van der Waals surface area (Å²) >= 11 is 0. The number of carbonyl (C=O) groups is 1. The molecule has 1 saturated heterocycles. The lowest BCUT2D eigenvalue weighted by Gasteiger charge is -2.31. The van der Waals surface area contributed by atoms with Gasteiger partial charge in [-0.15, -0.1) is 0 Å². The molecule has 1 fully saturated rings. The van der Waals surface area contributed by atoms with Crippen molar-refractivity contribution in [3.8, 4) is 0 Å². The summed E-state index contributed by atoms with van der Waals surface area (Å²) in [6.45, 7) is 6.26. The highest BCUT2D eigenvalue weighted by Crippen LogP contribution is 2.19. The van der Waals surface area contributed by atoms with Crippen molar-refractivity contribution in [2.75, 3.05) is 19.7 Å². The van der Waals surface area contributed by atoms with Crippen molar-refractivity contribution in [3.63, 3.8) is 0 Å². The molecule has 3 heteroatoms. The van der Waals surface area contributed by atoms with Crippen LogP contribution in [0.15, 0.2) is 0 Å². The molecule has 0 spiro atoms. The van der Waals surface area contributed by atoms with Crippen LogP contribution in [0, 0.1) is 5.92 Å². The van der Waals surface area contributed by atoms with Gasteiger partial charge in [0.25, 0.3) is 0 Å². The zero-order valence-corrected chi connectivity index (χ0v) is 8.58. The van der Waals surface area contributed by atoms with Gasteiger partial charge in [-0.1, -0.05) is 13.3 Å². The third kappa shape index (κ3) is 2.90. The summed E-state index contributed by atoms with van der Waals surface area (Å²) in [5.41, 5.74) is 0. The third-order valence-corrected chi connectivity index (χ3v) is 2.62. The Kier molecular flexibility index (Phi) is 4.06. The summed E-state index contributed by atoms with van der Waals surface area (Å²) in [6.07, 6.45) is 3.40. The Hall–Kier alpha value is -0.730. The molecule has 1 aliphatic rings. The van der Waals surface area contributed by atoms with E-state index in [1.807, 2.05) is 11.8 Å². The predicted octanol–water partition coefficient (Wildman–Crippen LogP) is 2.26. The molecule has 1 amide bonds. The highest BCUT2D eigenvalue weighted by molar-refractivity contribution is 5.67. The molecule has 0 radical (unpaired) electrons. The molecule has 76 valence electrons. The highest BCUT2D eigenvalue weighted by atomic mass is 16.6. The molecule has 1 rings (SSSR count). The Morgan fingerprint density at radius 1 is 1.54 bits per heavy atom. The van der Waals surface area contributed by atoms with E-state index in [0.29, 0.717) is 12.5 Å². The van der Waals surface area contributed by atoms with Crippen LogP contribution in [0.3, 0.4) is 0 Å². The van der Waals surface area contributed by atoms with E-state index in [1.165, 1.54) is 6.42 Å². The van der Waals surface area contributed by atoms with Crippen LogP contribution in [0.25, 0.3) is 0 Å². The van der Waals surface area contributed by atoms with E-state index in [9.17, 15) is 4.79 Å². The fourth-order valence-corrected chi connectivity index (χ4v) is 1.78. The second kappa shape index (κ2) is 5.10. The van der Waals surface area contributed by atoms with Gasteiger partial charge in [-0.2, -0.15) is 0 Å². The molecule has 0 aromatic rings. The number of amides is 1. The van der Waals surface area contributed by atoms with Crippen molar-refractivity contribution in [2.24, 2.45) is 5.92 Å². The molecule has 0 aromatic heterocycles. The van der Waals surface area contributed by atoms with Gasteiger partial charge in [0.2, 0.25) is 0 Å². The quantitative estimate of drug-likeness (QED) is 0.660. The molecule has 0 aliphatic carbocycles. The van der Waals surface area contributed by atoms with Crippen LogP contribution in [0.5, 0.6) is 0 Å². The van der Waals surface area contributed by atoms with E-state index < -0.39 is 0 Å². The smallest absolute Gasteiger partial charge is 0.409 e. The van der Waals surface area contributed by atoms with Crippen LogP contribution < -0.4 is 0 Å². The summed E-state index contributed by atoms with van der Waals surface area (Å²) in [5, 5.41) is 0. The molecule has 0 saturated carbocycles. The maximum atomic E-state index is 11.4. The first-order valence-corrected chi connectivity index (χ1v) is 5.19. The molecule has 0 N–H and O–H groups in total. The number of hydrogen-bond acceptors (Lipinski definition) is 2. The Balaban J connectivity index is 2.37. The Morgan fingerprint density at radius 3 is 2.92 bits per heavy atom. The summed E-state index contributed by atoms with van der Waals surface area (Å²) in [6, 6.07) is 0. The largest absolute Gasteiger partial charge is 0.450 e. The first-order valence-electron chi connectivity index (χ1n) is 5.19. The second-order valence-corrected chi connectivity index (χ2v) is 3.56. The Bertz CT molecular complexity index is 170. The highest BCUT2D eigenvalue weighted by Gasteiger charge is 2.22. The topological polar surface area (TPSA) is 29.5 Å². The molecule has 0 aromatic carbocycles. The molecule has 1 atom stereocenters. The summed E-state index contributed by atoms with van der Waals surface area (Å²) < 4.78 is 4.96. The van der Waals surface area contributed by atoms with Crippen molar-refractivity contribution < 1.29 is 9.53 Å². The fraction of sp³-hybridized carbons (Fsp3) is 0.900. The SMILES string of the molecule is CCOC(=O)N1CCC[C@@H](CC)C1. The maximum Gasteiger partial charge on any atom is 0.409 e. The number of likely N-dealkylation sites (tertiary alicyclic amines) is 1. The molecule has 1 aliphatic heterocycles. The van der Waals surface area contributed by atoms with Gasteiger partial charge in [-0.3, -0.25) is 0 Å². The first kappa shape index (κ1) is 10.4. The Morgan fingerprint density at radius 2 is 2.31 bits per heavy atom. The molecule has 3 nitrogen and oxygen atoms in total. The third-order valence-electron chi connectivity index (χ3n) is 2.62. The molecular weight excluding hydrogens is 166 g/mol. The molecule has 0 unspecified atom stereocenters. The molecular formula is C10H19NO2. The number of nitrogens with zero attached hydrogens (tertiary/aromatic N) is 1. The van der Waals surface area contributed by atoms with Crippen molar-refractivity contribution in [1.29, 1.82) is 0 Å². The van der Waals surface area contributed by atoms with Gasteiger partial charge in [-0.05, 0) is 25.7 Å². The minimum absolute atomic E-state index is 0.138. The van der Waals surface area contributed by atoms with E-state index in [2.05, 4.69) is 6.92 Å². The van der Waals surface area contributed by atoms with Crippen LogP contribution in [0.1, 0.15) is 33.1 Å². The lowest BCUT2D eigenvalue weighted by Crippen LogP contribution is -2.40. The number of hydrogen-bond donors (Lipinski definition) is 0. The van der Waals surface area contributed by atoms with E-state index in [0.717, 1.165) is 25.9 Å². The minimum Gasteiger partial charge on any atom is -0.450 e. The molecule has 1 heterocycles. The Labute approximate surface area is 80.1 Å². The van der Waals surface area contributed by atoms with E-state index in [-0.39, 0.29) is 6.09 Å². The number of ether oxygens (including phenoxy) is 1. The van der Waals surface area contributed by atoms with Gasteiger partial charge in [0, 0.05) is 13.1 Å². The molecule has 0 bridgehead atoms. The number of carbonyl (C=O) groups excluding carboxylic acids is 1. The van der Waals surface area contributed by atoms with Crippen molar-refractivity contribution in [2.45, 2.75) is 33.1 Å². The van der Waals surface area contributed by atoms with Gasteiger partial charge in [0.15, 0.2) is 0 Å². The van der Waals surface area contributed by atoms with Gasteiger partial charge < -0.3 is 9.64 Å². The minimum atomic E-state index is -0.138. The van der Waals surface area contributed by atoms with Crippen LogP contribution in [0.4, 0.5) is 4.79 Å². The van der Waals surface area contributed by atoms with Gasteiger partial charge in [-0.25, -0.2) is 4.79 Å². The zero-order valence-electron chi connectivity index (χ0n) is 8.58. The van der Waals surface area contributed by atoms with E-state index in [4.69, 9.17) is 4.74 Å². The van der Waals surface area contributed by atoms with Crippen molar-refractivity contribution in [1.82, 2.24) is 4.90 Å². The van der Waals surface area contributed by atoms with Gasteiger partial charge in [0.05, 0.1) is 6.61 Å². The van der Waals surface area contributed by atoms with Crippen LogP contribution in [-0.2, 0) is 4.74 Å². The van der Waals surface area contributed by atoms with E-state index >= 15 is 0 Å². The normalized spacial score (nSPS) is 22.9. The zero-order chi connectivity index (χ0) is 9.68. The van der Waals surface area contributed by atoms with Gasteiger partial charge >= 0.3 is 6.09 Å². The summed E-state index contributed by atoms with van der Waals surface area (Å²) in [7, 11) is 0. The van der Waals surface area contributed by atoms with Crippen molar-refractivity contribution in [3.05, 3.63) is 0 Å². The fourth-order valence-electron chi connectivity index (χ4n) is 1.78.